The lowest BCUT2D eigenvalue weighted by atomic mass is 10.3. The molecule has 0 bridgehead atoms. The number of halogens is 3. The first-order chi connectivity index (χ1) is 9.13. The van der Waals surface area contributed by atoms with Gasteiger partial charge < -0.3 is 10.1 Å². The second kappa shape index (κ2) is 6.41. The van der Waals surface area contributed by atoms with Gasteiger partial charge in [-0.1, -0.05) is 29.3 Å². The van der Waals surface area contributed by atoms with Gasteiger partial charge >= 0.3 is 0 Å². The van der Waals surface area contributed by atoms with Crippen LogP contribution < -0.4 is 10.1 Å². The number of aromatic nitrogens is 2. The lowest BCUT2D eigenvalue weighted by molar-refractivity contribution is 0.459. The van der Waals surface area contributed by atoms with E-state index in [4.69, 9.17) is 27.9 Å². The van der Waals surface area contributed by atoms with Gasteiger partial charge in [0, 0.05) is 6.54 Å². The van der Waals surface area contributed by atoms with E-state index in [0.717, 1.165) is 6.54 Å². The van der Waals surface area contributed by atoms with Crippen LogP contribution in [0.25, 0.3) is 0 Å². The van der Waals surface area contributed by atoms with Crippen molar-refractivity contribution < 1.29 is 4.74 Å². The number of ether oxygens (including phenoxy) is 1. The van der Waals surface area contributed by atoms with E-state index in [1.165, 1.54) is 6.33 Å². The number of hydrogen-bond acceptors (Lipinski definition) is 4. The maximum Gasteiger partial charge on any atom is 0.238 e. The van der Waals surface area contributed by atoms with Gasteiger partial charge in [0.05, 0.1) is 5.02 Å². The number of nitrogens with zero attached hydrogens (tertiary/aromatic N) is 2. The average molecular weight is 363 g/mol. The van der Waals surface area contributed by atoms with Gasteiger partial charge in [-0.15, -0.1) is 0 Å². The summed E-state index contributed by atoms with van der Waals surface area (Å²) in [6.45, 7) is 2.72. The molecular formula is C12H10BrCl2N3O. The fraction of sp³-hybridized carbons (Fsp3) is 0.167. The summed E-state index contributed by atoms with van der Waals surface area (Å²) in [7, 11) is 0. The fourth-order valence-corrected chi connectivity index (χ4v) is 2.14. The monoisotopic (exact) mass is 361 g/mol. The van der Waals surface area contributed by atoms with Crippen LogP contribution in [0.5, 0.6) is 11.6 Å². The summed E-state index contributed by atoms with van der Waals surface area (Å²) in [5.74, 6) is 1.47. The smallest absolute Gasteiger partial charge is 0.238 e. The second-order valence-corrected chi connectivity index (χ2v) is 5.10. The molecule has 0 unspecified atom stereocenters. The summed E-state index contributed by atoms with van der Waals surface area (Å²) in [5.41, 5.74) is 0. The van der Waals surface area contributed by atoms with Crippen molar-refractivity contribution in [3.63, 3.8) is 0 Å². The van der Waals surface area contributed by atoms with Gasteiger partial charge in [0.2, 0.25) is 5.88 Å². The molecule has 2 aromatic rings. The van der Waals surface area contributed by atoms with Gasteiger partial charge in [-0.2, -0.15) is 0 Å². The molecule has 0 aliphatic rings. The van der Waals surface area contributed by atoms with E-state index >= 15 is 0 Å². The van der Waals surface area contributed by atoms with Gasteiger partial charge in [-0.05, 0) is 35.0 Å². The Balaban J connectivity index is 2.33. The summed E-state index contributed by atoms with van der Waals surface area (Å²) in [4.78, 5) is 8.17. The molecule has 1 aromatic heterocycles. The Hall–Kier alpha value is -1.04. The highest BCUT2D eigenvalue weighted by atomic mass is 79.9. The summed E-state index contributed by atoms with van der Waals surface area (Å²) in [5, 5.41) is 3.86. The SMILES string of the molecule is CCNc1ncnc(Oc2cccc(Cl)c2Cl)c1Br. The van der Waals surface area contributed by atoms with Crippen molar-refractivity contribution in [2.75, 3.05) is 11.9 Å². The molecule has 0 saturated carbocycles. The van der Waals surface area contributed by atoms with Crippen LogP contribution in [0.3, 0.4) is 0 Å². The first-order valence-electron chi connectivity index (χ1n) is 5.49. The average Bonchev–Trinajstić information content (AvgIpc) is 2.40. The summed E-state index contributed by atoms with van der Waals surface area (Å²) >= 11 is 15.4. The van der Waals surface area contributed by atoms with Crippen LogP contribution in [0, 0.1) is 0 Å². The minimum Gasteiger partial charge on any atom is -0.436 e. The Bertz CT molecular complexity index is 595. The zero-order chi connectivity index (χ0) is 13.8. The van der Waals surface area contributed by atoms with Crippen LogP contribution in [0.1, 0.15) is 6.92 Å². The number of anilines is 1. The molecule has 0 amide bonds. The summed E-state index contributed by atoms with van der Waals surface area (Å²) in [6, 6.07) is 5.16. The molecule has 0 aliphatic carbocycles. The van der Waals surface area contributed by atoms with Crippen LogP contribution in [-0.2, 0) is 0 Å². The van der Waals surface area contributed by atoms with Crippen molar-refractivity contribution in [3.8, 4) is 11.6 Å². The number of benzene rings is 1. The number of nitrogens with one attached hydrogen (secondary N) is 1. The van der Waals surface area contributed by atoms with Gasteiger partial charge in [0.25, 0.3) is 0 Å². The Kier molecular flexibility index (Phi) is 4.85. The standard InChI is InChI=1S/C12H10BrCl2N3O/c1-2-16-11-9(13)12(18-6-17-11)19-8-5-3-4-7(14)10(8)15/h3-6H,2H2,1H3,(H,16,17,18). The zero-order valence-electron chi connectivity index (χ0n) is 9.95. The molecule has 1 aromatic carbocycles. The molecular weight excluding hydrogens is 353 g/mol. The quantitative estimate of drug-likeness (QED) is 0.850. The van der Waals surface area contributed by atoms with Crippen molar-refractivity contribution in [1.82, 2.24) is 9.97 Å². The predicted octanol–water partition coefficient (Wildman–Crippen LogP) is 4.77. The van der Waals surface area contributed by atoms with Gasteiger partial charge in [-0.3, -0.25) is 0 Å². The molecule has 0 radical (unpaired) electrons. The fourth-order valence-electron chi connectivity index (χ4n) is 1.38. The minimum absolute atomic E-state index is 0.347. The molecule has 0 atom stereocenters. The van der Waals surface area contributed by atoms with E-state index in [1.807, 2.05) is 6.92 Å². The molecule has 0 spiro atoms. The van der Waals surface area contributed by atoms with Crippen LogP contribution in [0.2, 0.25) is 10.0 Å². The Morgan fingerprint density at radius 3 is 2.84 bits per heavy atom. The number of hydrogen-bond donors (Lipinski definition) is 1. The Morgan fingerprint density at radius 2 is 2.11 bits per heavy atom. The minimum atomic E-state index is 0.347. The van der Waals surface area contributed by atoms with Crippen molar-refractivity contribution in [3.05, 3.63) is 39.0 Å². The third-order valence-electron chi connectivity index (χ3n) is 2.22. The maximum absolute atomic E-state index is 6.07. The van der Waals surface area contributed by atoms with Gasteiger partial charge in [0.1, 0.15) is 27.4 Å². The zero-order valence-corrected chi connectivity index (χ0v) is 13.1. The lowest BCUT2D eigenvalue weighted by Crippen LogP contribution is -2.02. The highest BCUT2D eigenvalue weighted by Gasteiger charge is 2.13. The lowest BCUT2D eigenvalue weighted by Gasteiger charge is -2.11. The highest BCUT2D eigenvalue weighted by Crippen LogP contribution is 2.37. The number of rotatable bonds is 4. The predicted molar refractivity (Wildman–Crippen MR) is 80.4 cm³/mol. The van der Waals surface area contributed by atoms with E-state index in [2.05, 4.69) is 31.2 Å². The third-order valence-corrected chi connectivity index (χ3v) is 3.74. The molecule has 0 aliphatic heterocycles. The van der Waals surface area contributed by atoms with Crippen molar-refractivity contribution in [2.45, 2.75) is 6.92 Å². The molecule has 0 saturated heterocycles. The van der Waals surface area contributed by atoms with E-state index in [0.29, 0.717) is 32.0 Å². The molecule has 1 heterocycles. The summed E-state index contributed by atoms with van der Waals surface area (Å²) in [6.07, 6.45) is 1.41. The van der Waals surface area contributed by atoms with Crippen molar-refractivity contribution in [1.29, 1.82) is 0 Å². The second-order valence-electron chi connectivity index (χ2n) is 3.53. The Labute approximate surface area is 129 Å². The molecule has 2 rings (SSSR count). The van der Waals surface area contributed by atoms with Crippen LogP contribution >= 0.6 is 39.1 Å². The molecule has 0 fully saturated rings. The van der Waals surface area contributed by atoms with E-state index in [-0.39, 0.29) is 0 Å². The van der Waals surface area contributed by atoms with Crippen LogP contribution in [-0.4, -0.2) is 16.5 Å². The van der Waals surface area contributed by atoms with Crippen molar-refractivity contribution in [2.24, 2.45) is 0 Å². The largest absolute Gasteiger partial charge is 0.436 e. The van der Waals surface area contributed by atoms with Crippen molar-refractivity contribution >= 4 is 44.9 Å². The van der Waals surface area contributed by atoms with E-state index in [9.17, 15) is 0 Å². The maximum atomic E-state index is 6.07. The Morgan fingerprint density at radius 1 is 1.32 bits per heavy atom. The molecule has 1 N–H and O–H groups in total. The van der Waals surface area contributed by atoms with Crippen LogP contribution in [0.15, 0.2) is 29.0 Å². The molecule has 100 valence electrons. The van der Waals surface area contributed by atoms with E-state index < -0.39 is 0 Å². The third kappa shape index (κ3) is 3.29. The first-order valence-corrected chi connectivity index (χ1v) is 7.04. The molecule has 19 heavy (non-hydrogen) atoms. The normalized spacial score (nSPS) is 10.3. The topological polar surface area (TPSA) is 47.0 Å². The molecule has 7 heteroatoms. The van der Waals surface area contributed by atoms with Gasteiger partial charge in [-0.25, -0.2) is 9.97 Å². The summed E-state index contributed by atoms with van der Waals surface area (Å²) < 4.78 is 6.29. The highest BCUT2D eigenvalue weighted by molar-refractivity contribution is 9.10. The first kappa shape index (κ1) is 14.4. The molecule has 4 nitrogen and oxygen atoms in total. The van der Waals surface area contributed by atoms with Crippen LogP contribution in [0.4, 0.5) is 5.82 Å². The van der Waals surface area contributed by atoms with E-state index in [1.54, 1.807) is 18.2 Å². The van der Waals surface area contributed by atoms with Gasteiger partial charge in [0.15, 0.2) is 0 Å².